The van der Waals surface area contributed by atoms with Gasteiger partial charge < -0.3 is 9.47 Å². The van der Waals surface area contributed by atoms with Crippen LogP contribution in [0.2, 0.25) is 0 Å². The first-order valence-corrected chi connectivity index (χ1v) is 9.18. The summed E-state index contributed by atoms with van der Waals surface area (Å²) in [4.78, 5) is 11.4. The Labute approximate surface area is 143 Å². The normalized spacial score (nSPS) is 22.5. The van der Waals surface area contributed by atoms with Gasteiger partial charge in [-0.3, -0.25) is 0 Å². The molecule has 1 aromatic carbocycles. The molecule has 0 spiro atoms. The van der Waals surface area contributed by atoms with Crippen molar-refractivity contribution >= 4 is 16.2 Å². The van der Waals surface area contributed by atoms with Crippen LogP contribution >= 0.6 is 0 Å². The molecule has 134 valence electrons. The van der Waals surface area contributed by atoms with Crippen LogP contribution in [-0.4, -0.2) is 62.5 Å². The fourth-order valence-corrected chi connectivity index (χ4v) is 4.22. The Morgan fingerprint density at radius 1 is 1.25 bits per heavy atom. The SMILES string of the molecule is COC(=O)c1ccc(CN(C)S(=O)(=O)N2CC(C)OC(C)C2)cc1. The van der Waals surface area contributed by atoms with Gasteiger partial charge in [-0.25, -0.2) is 4.79 Å². The fraction of sp³-hybridized carbons (Fsp3) is 0.562. The second-order valence-electron chi connectivity index (χ2n) is 6.03. The Morgan fingerprint density at radius 2 is 1.79 bits per heavy atom. The monoisotopic (exact) mass is 356 g/mol. The molecule has 1 heterocycles. The first-order chi connectivity index (χ1) is 11.2. The van der Waals surface area contributed by atoms with Gasteiger partial charge in [-0.15, -0.1) is 0 Å². The van der Waals surface area contributed by atoms with Crippen LogP contribution < -0.4 is 0 Å². The van der Waals surface area contributed by atoms with Crippen LogP contribution in [0.15, 0.2) is 24.3 Å². The molecule has 0 N–H and O–H groups in total. The van der Waals surface area contributed by atoms with Crippen LogP contribution in [-0.2, 0) is 26.2 Å². The number of ether oxygens (including phenoxy) is 2. The molecule has 1 aliphatic heterocycles. The van der Waals surface area contributed by atoms with Gasteiger partial charge in [-0.2, -0.15) is 17.0 Å². The highest BCUT2D eigenvalue weighted by molar-refractivity contribution is 7.86. The van der Waals surface area contributed by atoms with E-state index in [-0.39, 0.29) is 18.8 Å². The minimum absolute atomic E-state index is 0.128. The van der Waals surface area contributed by atoms with Crippen molar-refractivity contribution in [2.45, 2.75) is 32.6 Å². The van der Waals surface area contributed by atoms with Crippen LogP contribution in [0.25, 0.3) is 0 Å². The van der Waals surface area contributed by atoms with Gasteiger partial charge in [-0.1, -0.05) is 12.1 Å². The Morgan fingerprint density at radius 3 is 2.29 bits per heavy atom. The van der Waals surface area contributed by atoms with Crippen LogP contribution in [0.1, 0.15) is 29.8 Å². The van der Waals surface area contributed by atoms with E-state index in [1.54, 1.807) is 31.3 Å². The van der Waals surface area contributed by atoms with Crippen molar-refractivity contribution in [2.75, 3.05) is 27.2 Å². The van der Waals surface area contributed by atoms with E-state index in [1.165, 1.54) is 15.7 Å². The summed E-state index contributed by atoms with van der Waals surface area (Å²) >= 11 is 0. The van der Waals surface area contributed by atoms with Gasteiger partial charge in [0.25, 0.3) is 10.2 Å². The first kappa shape index (κ1) is 18.9. The number of methoxy groups -OCH3 is 1. The van der Waals surface area contributed by atoms with E-state index in [0.717, 1.165) is 5.56 Å². The zero-order valence-corrected chi connectivity index (χ0v) is 15.2. The van der Waals surface area contributed by atoms with Crippen LogP contribution in [0.4, 0.5) is 0 Å². The van der Waals surface area contributed by atoms with Crippen molar-refractivity contribution in [2.24, 2.45) is 0 Å². The molecular weight excluding hydrogens is 332 g/mol. The van der Waals surface area contributed by atoms with Gasteiger partial charge in [0.2, 0.25) is 0 Å². The molecule has 0 radical (unpaired) electrons. The van der Waals surface area contributed by atoms with Gasteiger partial charge in [0.05, 0.1) is 24.9 Å². The maximum atomic E-state index is 12.7. The molecule has 0 bridgehead atoms. The lowest BCUT2D eigenvalue weighted by Gasteiger charge is -2.36. The number of hydrogen-bond acceptors (Lipinski definition) is 5. The van der Waals surface area contributed by atoms with Crippen LogP contribution in [0.5, 0.6) is 0 Å². The van der Waals surface area contributed by atoms with Crippen LogP contribution in [0, 0.1) is 0 Å². The third kappa shape index (κ3) is 4.32. The minimum atomic E-state index is -3.56. The van der Waals surface area contributed by atoms with E-state index in [0.29, 0.717) is 18.7 Å². The van der Waals surface area contributed by atoms with E-state index in [4.69, 9.17) is 4.74 Å². The zero-order chi connectivity index (χ0) is 17.9. The Bertz CT molecular complexity index is 664. The third-order valence-corrected chi connectivity index (χ3v) is 5.75. The molecule has 1 aromatic rings. The number of carbonyl (C=O) groups is 1. The summed E-state index contributed by atoms with van der Waals surface area (Å²) in [5, 5.41) is 0. The summed E-state index contributed by atoms with van der Waals surface area (Å²) < 4.78 is 38.4. The largest absolute Gasteiger partial charge is 0.465 e. The van der Waals surface area contributed by atoms with Gasteiger partial charge in [0.1, 0.15) is 0 Å². The molecule has 2 atom stereocenters. The average Bonchev–Trinajstić information content (AvgIpc) is 2.53. The van der Waals surface area contributed by atoms with Gasteiger partial charge in [0.15, 0.2) is 0 Å². The number of hydrogen-bond donors (Lipinski definition) is 0. The lowest BCUT2D eigenvalue weighted by molar-refractivity contribution is -0.0453. The van der Waals surface area contributed by atoms with Crippen molar-refractivity contribution in [3.63, 3.8) is 0 Å². The summed E-state index contributed by atoms with van der Waals surface area (Å²) in [5.41, 5.74) is 1.23. The van der Waals surface area contributed by atoms with E-state index < -0.39 is 16.2 Å². The standard InChI is InChI=1S/C16H24N2O5S/c1-12-9-18(10-13(2)23-12)24(20,21)17(3)11-14-5-7-15(8-6-14)16(19)22-4/h5-8,12-13H,9-11H2,1-4H3. The summed E-state index contributed by atoms with van der Waals surface area (Å²) in [5.74, 6) is -0.418. The fourth-order valence-electron chi connectivity index (χ4n) is 2.72. The molecule has 1 aliphatic rings. The van der Waals surface area contributed by atoms with Gasteiger partial charge in [-0.05, 0) is 31.5 Å². The Kier molecular flexibility index (Phi) is 5.97. The average molecular weight is 356 g/mol. The summed E-state index contributed by atoms with van der Waals surface area (Å²) in [6, 6.07) is 6.70. The highest BCUT2D eigenvalue weighted by Gasteiger charge is 2.33. The van der Waals surface area contributed by atoms with Gasteiger partial charge in [0, 0.05) is 26.7 Å². The quantitative estimate of drug-likeness (QED) is 0.743. The third-order valence-electron chi connectivity index (χ3n) is 3.89. The minimum Gasteiger partial charge on any atom is -0.465 e. The van der Waals surface area contributed by atoms with Crippen LogP contribution in [0.3, 0.4) is 0 Å². The van der Waals surface area contributed by atoms with E-state index in [1.807, 2.05) is 13.8 Å². The van der Waals surface area contributed by atoms with Crippen molar-refractivity contribution in [1.29, 1.82) is 0 Å². The maximum Gasteiger partial charge on any atom is 0.337 e. The second-order valence-corrected chi connectivity index (χ2v) is 8.06. The molecule has 0 aromatic heterocycles. The first-order valence-electron chi connectivity index (χ1n) is 7.78. The smallest absolute Gasteiger partial charge is 0.337 e. The predicted molar refractivity (Wildman–Crippen MR) is 89.8 cm³/mol. The zero-order valence-electron chi connectivity index (χ0n) is 14.4. The molecule has 1 saturated heterocycles. The summed E-state index contributed by atoms with van der Waals surface area (Å²) in [6.45, 7) is 4.65. The highest BCUT2D eigenvalue weighted by Crippen LogP contribution is 2.18. The number of carbonyl (C=O) groups excluding carboxylic acids is 1. The Hall–Kier alpha value is -1.48. The number of morpholine rings is 1. The second kappa shape index (κ2) is 7.60. The summed E-state index contributed by atoms with van der Waals surface area (Å²) in [7, 11) is -0.692. The molecule has 0 amide bonds. The lowest BCUT2D eigenvalue weighted by Crippen LogP contribution is -2.52. The molecule has 7 nitrogen and oxygen atoms in total. The van der Waals surface area contributed by atoms with Crippen molar-refractivity contribution in [3.8, 4) is 0 Å². The Balaban J connectivity index is 2.07. The molecule has 0 aliphatic carbocycles. The van der Waals surface area contributed by atoms with E-state index in [2.05, 4.69) is 4.74 Å². The van der Waals surface area contributed by atoms with Crippen molar-refractivity contribution in [3.05, 3.63) is 35.4 Å². The molecule has 1 fully saturated rings. The lowest BCUT2D eigenvalue weighted by atomic mass is 10.1. The van der Waals surface area contributed by atoms with Crippen molar-refractivity contribution in [1.82, 2.24) is 8.61 Å². The number of esters is 1. The molecule has 8 heteroatoms. The summed E-state index contributed by atoms with van der Waals surface area (Å²) in [6.07, 6.45) is -0.257. The van der Waals surface area contributed by atoms with E-state index >= 15 is 0 Å². The molecule has 2 rings (SSSR count). The predicted octanol–water partition coefficient (Wildman–Crippen LogP) is 1.26. The number of rotatable bonds is 5. The highest BCUT2D eigenvalue weighted by atomic mass is 32.2. The topological polar surface area (TPSA) is 76.2 Å². The van der Waals surface area contributed by atoms with E-state index in [9.17, 15) is 13.2 Å². The van der Waals surface area contributed by atoms with Crippen molar-refractivity contribution < 1.29 is 22.7 Å². The molecular formula is C16H24N2O5S. The maximum absolute atomic E-state index is 12.7. The van der Waals surface area contributed by atoms with Gasteiger partial charge >= 0.3 is 5.97 Å². The molecule has 24 heavy (non-hydrogen) atoms. The molecule has 0 saturated carbocycles. The molecule has 2 unspecified atom stereocenters. The number of nitrogens with zero attached hydrogens (tertiary/aromatic N) is 2. The number of benzene rings is 1.